The van der Waals surface area contributed by atoms with Gasteiger partial charge in [-0.15, -0.1) is 5.10 Å². The quantitative estimate of drug-likeness (QED) is 0.806. The van der Waals surface area contributed by atoms with E-state index in [-0.39, 0.29) is 23.9 Å². The van der Waals surface area contributed by atoms with Crippen molar-refractivity contribution in [2.24, 2.45) is 0 Å². The molecule has 4 rings (SSSR count). The number of hydrogen-bond donors (Lipinski definition) is 0. The number of nitrogens with zero attached hydrogens (tertiary/aromatic N) is 6. The van der Waals surface area contributed by atoms with Gasteiger partial charge in [-0.2, -0.15) is 0 Å². The Kier molecular flexibility index (Phi) is 4.12. The van der Waals surface area contributed by atoms with Crippen LogP contribution in [0.25, 0.3) is 0 Å². The number of rotatable bonds is 4. The highest BCUT2D eigenvalue weighted by molar-refractivity contribution is 6.30. The fourth-order valence-corrected chi connectivity index (χ4v) is 3.79. The van der Waals surface area contributed by atoms with Crippen molar-refractivity contribution in [1.82, 2.24) is 29.8 Å². The van der Waals surface area contributed by atoms with Crippen molar-refractivity contribution in [2.45, 2.75) is 31.5 Å². The van der Waals surface area contributed by atoms with Crippen LogP contribution >= 0.6 is 11.6 Å². The Morgan fingerprint density at radius 1 is 1.28 bits per heavy atom. The summed E-state index contributed by atoms with van der Waals surface area (Å²) in [6, 6.07) is 3.25. The molecular weight excluding hydrogens is 344 g/mol. The first kappa shape index (κ1) is 16.0. The standard InChI is InChI=1S/C16H17ClN6O2/c17-11-1-2-12(18-10-11)16(25)23-5-3-13-14(23)9-15(24)22(13)8-7-21-6-4-19-20-21/h1-2,4,6,10,13-14H,3,5,7-9H2/t13-,14-/m0/s1. The van der Waals surface area contributed by atoms with E-state index >= 15 is 0 Å². The number of pyridine rings is 1. The monoisotopic (exact) mass is 360 g/mol. The van der Waals surface area contributed by atoms with E-state index in [4.69, 9.17) is 11.6 Å². The number of likely N-dealkylation sites (tertiary alicyclic amines) is 2. The molecule has 25 heavy (non-hydrogen) atoms. The van der Waals surface area contributed by atoms with Gasteiger partial charge in [0.25, 0.3) is 5.91 Å². The van der Waals surface area contributed by atoms with Gasteiger partial charge in [-0.25, -0.2) is 4.98 Å². The summed E-state index contributed by atoms with van der Waals surface area (Å²) in [6.45, 7) is 1.80. The number of carbonyl (C=O) groups excluding carboxylic acids is 2. The molecule has 0 saturated carbocycles. The molecule has 0 radical (unpaired) electrons. The molecule has 2 atom stereocenters. The number of fused-ring (bicyclic) bond motifs is 1. The molecule has 0 aliphatic carbocycles. The molecule has 2 aliphatic heterocycles. The first-order valence-electron chi connectivity index (χ1n) is 8.19. The molecule has 2 saturated heterocycles. The van der Waals surface area contributed by atoms with Crippen molar-refractivity contribution in [1.29, 1.82) is 0 Å². The largest absolute Gasteiger partial charge is 0.336 e. The number of aromatic nitrogens is 4. The Balaban J connectivity index is 1.45. The molecule has 4 heterocycles. The van der Waals surface area contributed by atoms with E-state index < -0.39 is 0 Å². The van der Waals surface area contributed by atoms with E-state index in [2.05, 4.69) is 15.3 Å². The van der Waals surface area contributed by atoms with Crippen LogP contribution in [0.4, 0.5) is 0 Å². The summed E-state index contributed by atoms with van der Waals surface area (Å²) in [5.41, 5.74) is 0.360. The molecule has 0 bridgehead atoms. The highest BCUT2D eigenvalue weighted by Gasteiger charge is 2.48. The van der Waals surface area contributed by atoms with Gasteiger partial charge in [0, 0.05) is 31.9 Å². The highest BCUT2D eigenvalue weighted by atomic mass is 35.5. The average Bonchev–Trinajstić information content (AvgIpc) is 3.31. The number of amides is 2. The minimum atomic E-state index is -0.143. The zero-order valence-electron chi connectivity index (χ0n) is 13.5. The molecule has 8 nitrogen and oxygen atoms in total. The fourth-order valence-electron chi connectivity index (χ4n) is 3.68. The van der Waals surface area contributed by atoms with E-state index in [1.165, 1.54) is 6.20 Å². The van der Waals surface area contributed by atoms with Crippen molar-refractivity contribution < 1.29 is 9.59 Å². The van der Waals surface area contributed by atoms with Crippen molar-refractivity contribution in [2.75, 3.05) is 13.1 Å². The van der Waals surface area contributed by atoms with Crippen molar-refractivity contribution in [3.8, 4) is 0 Å². The van der Waals surface area contributed by atoms with Crippen LogP contribution in [-0.4, -0.2) is 66.8 Å². The first-order chi connectivity index (χ1) is 12.1. The van der Waals surface area contributed by atoms with E-state index in [1.54, 1.807) is 34.1 Å². The molecule has 2 aromatic heterocycles. The van der Waals surface area contributed by atoms with Crippen LogP contribution in [-0.2, 0) is 11.3 Å². The van der Waals surface area contributed by atoms with E-state index in [0.717, 1.165) is 6.42 Å². The van der Waals surface area contributed by atoms with Crippen molar-refractivity contribution in [3.05, 3.63) is 41.4 Å². The second-order valence-corrected chi connectivity index (χ2v) is 6.68. The van der Waals surface area contributed by atoms with Gasteiger partial charge in [0.2, 0.25) is 5.91 Å². The minimum Gasteiger partial charge on any atom is -0.336 e. The van der Waals surface area contributed by atoms with Crippen LogP contribution in [0.15, 0.2) is 30.7 Å². The van der Waals surface area contributed by atoms with Gasteiger partial charge < -0.3 is 9.80 Å². The van der Waals surface area contributed by atoms with Crippen LogP contribution < -0.4 is 0 Å². The molecule has 2 fully saturated rings. The maximum absolute atomic E-state index is 12.7. The molecule has 0 N–H and O–H groups in total. The Morgan fingerprint density at radius 3 is 2.88 bits per heavy atom. The van der Waals surface area contributed by atoms with Crippen LogP contribution in [0.1, 0.15) is 23.3 Å². The van der Waals surface area contributed by atoms with Crippen molar-refractivity contribution >= 4 is 23.4 Å². The van der Waals surface area contributed by atoms with E-state index in [9.17, 15) is 9.59 Å². The van der Waals surface area contributed by atoms with Gasteiger partial charge in [-0.3, -0.25) is 14.3 Å². The lowest BCUT2D eigenvalue weighted by atomic mass is 10.1. The number of halogens is 1. The summed E-state index contributed by atoms with van der Waals surface area (Å²) in [5, 5.41) is 8.18. The summed E-state index contributed by atoms with van der Waals surface area (Å²) in [6.07, 6.45) is 6.00. The Hall–Kier alpha value is -2.48. The summed E-state index contributed by atoms with van der Waals surface area (Å²) in [5.74, 6) is -0.0632. The highest BCUT2D eigenvalue weighted by Crippen LogP contribution is 2.33. The third-order valence-electron chi connectivity index (χ3n) is 4.86. The molecule has 0 unspecified atom stereocenters. The average molecular weight is 361 g/mol. The van der Waals surface area contributed by atoms with Gasteiger partial charge in [-0.1, -0.05) is 16.8 Å². The molecule has 2 aromatic rings. The van der Waals surface area contributed by atoms with Gasteiger partial charge in [-0.05, 0) is 18.6 Å². The third kappa shape index (κ3) is 2.97. The van der Waals surface area contributed by atoms with Crippen molar-refractivity contribution in [3.63, 3.8) is 0 Å². The van der Waals surface area contributed by atoms with Gasteiger partial charge in [0.05, 0.1) is 29.8 Å². The lowest BCUT2D eigenvalue weighted by molar-refractivity contribution is -0.129. The topological polar surface area (TPSA) is 84.2 Å². The molecule has 130 valence electrons. The predicted octanol–water partition coefficient (Wildman–Crippen LogP) is 0.842. The summed E-state index contributed by atoms with van der Waals surface area (Å²) >= 11 is 5.83. The smallest absolute Gasteiger partial charge is 0.272 e. The molecule has 2 aliphatic rings. The van der Waals surface area contributed by atoms with E-state index in [0.29, 0.717) is 36.8 Å². The van der Waals surface area contributed by atoms with Crippen LogP contribution in [0.5, 0.6) is 0 Å². The minimum absolute atomic E-state index is 0.0623. The third-order valence-corrected chi connectivity index (χ3v) is 5.09. The van der Waals surface area contributed by atoms with Gasteiger partial charge >= 0.3 is 0 Å². The first-order valence-corrected chi connectivity index (χ1v) is 8.57. The summed E-state index contributed by atoms with van der Waals surface area (Å²) in [4.78, 5) is 32.9. The van der Waals surface area contributed by atoms with Crippen LogP contribution in [0, 0.1) is 0 Å². The van der Waals surface area contributed by atoms with Gasteiger partial charge in [0.1, 0.15) is 5.69 Å². The Morgan fingerprint density at radius 2 is 2.16 bits per heavy atom. The second kappa shape index (κ2) is 6.44. The maximum Gasteiger partial charge on any atom is 0.272 e. The Labute approximate surface area is 149 Å². The summed E-state index contributed by atoms with van der Waals surface area (Å²) in [7, 11) is 0. The van der Waals surface area contributed by atoms with E-state index in [1.807, 2.05) is 4.90 Å². The van der Waals surface area contributed by atoms with Gasteiger partial charge in [0.15, 0.2) is 0 Å². The Bertz CT molecular complexity index is 778. The SMILES string of the molecule is O=C1C[C@H]2[C@H](CCN2C(=O)c2ccc(Cl)cn2)N1CCn1ccnn1. The molecular formula is C16H17ClN6O2. The zero-order chi connectivity index (χ0) is 17.4. The maximum atomic E-state index is 12.7. The summed E-state index contributed by atoms with van der Waals surface area (Å²) < 4.78 is 1.70. The normalized spacial score (nSPS) is 22.5. The van der Waals surface area contributed by atoms with Crippen LogP contribution in [0.2, 0.25) is 5.02 Å². The lowest BCUT2D eigenvalue weighted by Gasteiger charge is -2.25. The fraction of sp³-hybridized carbons (Fsp3) is 0.438. The number of hydrogen-bond acceptors (Lipinski definition) is 5. The molecule has 9 heteroatoms. The molecule has 0 aromatic carbocycles. The molecule has 0 spiro atoms. The van der Waals surface area contributed by atoms with Crippen LogP contribution in [0.3, 0.4) is 0 Å². The second-order valence-electron chi connectivity index (χ2n) is 6.24. The predicted molar refractivity (Wildman–Crippen MR) is 88.8 cm³/mol. The lowest BCUT2D eigenvalue weighted by Crippen LogP contribution is -2.41. The zero-order valence-corrected chi connectivity index (χ0v) is 14.2. The number of carbonyl (C=O) groups is 2. The molecule has 2 amide bonds.